The second-order valence-corrected chi connectivity index (χ2v) is 6.49. The van der Waals surface area contributed by atoms with E-state index in [0.29, 0.717) is 0 Å². The highest BCUT2D eigenvalue weighted by Crippen LogP contribution is 2.24. The number of ether oxygens (including phenoxy) is 5. The number of hydrogen-bond donors (Lipinski definition) is 0. The van der Waals surface area contributed by atoms with E-state index < -0.39 is 78.3 Å². The van der Waals surface area contributed by atoms with Crippen LogP contribution in [0.2, 0.25) is 0 Å². The van der Waals surface area contributed by atoms with Crippen LogP contribution in [0.5, 0.6) is 0 Å². The lowest BCUT2D eigenvalue weighted by molar-refractivity contribution is -0.487. The summed E-state index contributed by atoms with van der Waals surface area (Å²) in [6.45, 7) is 3.11. The van der Waals surface area contributed by atoms with Crippen molar-refractivity contribution in [3.63, 3.8) is 0 Å². The van der Waals surface area contributed by atoms with Crippen LogP contribution in [0.4, 0.5) is 0 Å². The van der Waals surface area contributed by atoms with Crippen molar-refractivity contribution in [2.24, 2.45) is 5.92 Å². The maximum atomic E-state index is 11.8. The van der Waals surface area contributed by atoms with E-state index in [0.717, 1.165) is 34.6 Å². The number of aldehydes is 1. The van der Waals surface area contributed by atoms with Crippen LogP contribution in [0, 0.1) is 16.0 Å². The summed E-state index contributed by atoms with van der Waals surface area (Å²) in [5.41, 5.74) is 0. The smallest absolute Gasteiger partial charge is 0.303 e. The summed E-state index contributed by atoms with van der Waals surface area (Å²) >= 11 is 0. The molecule has 0 aromatic heterocycles. The zero-order chi connectivity index (χ0) is 25.0. The van der Waals surface area contributed by atoms with Crippen molar-refractivity contribution < 1.29 is 57.4 Å². The molecule has 0 saturated carbocycles. The maximum Gasteiger partial charge on any atom is 0.303 e. The molecular formula is C18H25NO13. The molecule has 0 rings (SSSR count). The Hall–Kier alpha value is -3.58. The van der Waals surface area contributed by atoms with Crippen LogP contribution in [0.15, 0.2) is 0 Å². The van der Waals surface area contributed by atoms with Crippen LogP contribution in [0.3, 0.4) is 0 Å². The van der Waals surface area contributed by atoms with E-state index in [1.165, 1.54) is 0 Å². The highest BCUT2D eigenvalue weighted by molar-refractivity contribution is 5.70. The van der Waals surface area contributed by atoms with Gasteiger partial charge in [-0.05, 0) is 0 Å². The molecule has 0 radical (unpaired) electrons. The van der Waals surface area contributed by atoms with Crippen LogP contribution in [0.25, 0.3) is 0 Å². The molecule has 0 bridgehead atoms. The Bertz CT molecular complexity index is 734. The van der Waals surface area contributed by atoms with Gasteiger partial charge in [0.25, 0.3) is 0 Å². The molecule has 14 nitrogen and oxygen atoms in total. The molecule has 0 fully saturated rings. The van der Waals surface area contributed by atoms with Gasteiger partial charge in [-0.1, -0.05) is 0 Å². The topological polar surface area (TPSA) is 192 Å². The normalized spacial score (nSPS) is 15.0. The van der Waals surface area contributed by atoms with Crippen molar-refractivity contribution in [2.45, 2.75) is 59.0 Å². The van der Waals surface area contributed by atoms with E-state index in [2.05, 4.69) is 0 Å². The Balaban J connectivity index is 6.58. The summed E-state index contributed by atoms with van der Waals surface area (Å²) in [7, 11) is 0. The summed E-state index contributed by atoms with van der Waals surface area (Å²) in [4.78, 5) is 79.6. The second-order valence-electron chi connectivity index (χ2n) is 6.49. The van der Waals surface area contributed by atoms with Crippen LogP contribution >= 0.6 is 0 Å². The highest BCUT2D eigenvalue weighted by Gasteiger charge is 2.48. The first-order valence-corrected chi connectivity index (χ1v) is 9.17. The lowest BCUT2D eigenvalue weighted by Crippen LogP contribution is -2.55. The molecule has 0 aliphatic heterocycles. The zero-order valence-electron chi connectivity index (χ0n) is 18.1. The van der Waals surface area contributed by atoms with Crippen molar-refractivity contribution in [1.29, 1.82) is 0 Å². The first-order chi connectivity index (χ1) is 14.8. The predicted molar refractivity (Wildman–Crippen MR) is 100 cm³/mol. The van der Waals surface area contributed by atoms with E-state index in [1.807, 2.05) is 0 Å². The summed E-state index contributed by atoms with van der Waals surface area (Å²) in [6.07, 6.45) is -6.94. The van der Waals surface area contributed by atoms with Crippen LogP contribution in [0.1, 0.15) is 34.6 Å². The van der Waals surface area contributed by atoms with Gasteiger partial charge in [-0.2, -0.15) is 0 Å². The third kappa shape index (κ3) is 11.0. The van der Waals surface area contributed by atoms with E-state index in [-0.39, 0.29) is 6.29 Å². The fourth-order valence-electron chi connectivity index (χ4n) is 2.65. The SMILES string of the molecule is CC(=O)OC[C@@H](OC(C)=O)[C@H](OC(C)=O)[C@H](OC(C)=O)[C@@H](OC(C)=O)[C@@H](C=O)C[N+](=O)[O-]. The average molecular weight is 463 g/mol. The van der Waals surface area contributed by atoms with Gasteiger partial charge in [0.05, 0.1) is 0 Å². The maximum absolute atomic E-state index is 11.8. The second kappa shape index (κ2) is 13.7. The van der Waals surface area contributed by atoms with E-state index in [4.69, 9.17) is 23.7 Å². The number of carbonyl (C=O) groups is 6. The van der Waals surface area contributed by atoms with Gasteiger partial charge in [0.1, 0.15) is 18.8 Å². The first-order valence-electron chi connectivity index (χ1n) is 9.17. The molecule has 5 atom stereocenters. The molecule has 0 aromatic rings. The number of hydrogen-bond acceptors (Lipinski definition) is 13. The van der Waals surface area contributed by atoms with Crippen LogP contribution in [-0.4, -0.2) is 78.6 Å². The fraction of sp³-hybridized carbons (Fsp3) is 0.667. The minimum atomic E-state index is -1.85. The minimum absolute atomic E-state index is 0.102. The van der Waals surface area contributed by atoms with Crippen molar-refractivity contribution in [3.05, 3.63) is 10.1 Å². The molecule has 0 amide bonds. The van der Waals surface area contributed by atoms with E-state index in [1.54, 1.807) is 0 Å². The van der Waals surface area contributed by atoms with E-state index >= 15 is 0 Å². The Morgan fingerprint density at radius 1 is 0.750 bits per heavy atom. The van der Waals surface area contributed by atoms with Gasteiger partial charge in [-0.3, -0.25) is 34.1 Å². The van der Waals surface area contributed by atoms with Gasteiger partial charge in [-0.25, -0.2) is 0 Å². The average Bonchev–Trinajstić information content (AvgIpc) is 2.63. The summed E-state index contributed by atoms with van der Waals surface area (Å²) < 4.78 is 25.1. The van der Waals surface area contributed by atoms with Gasteiger partial charge in [0.2, 0.25) is 6.54 Å². The lowest BCUT2D eigenvalue weighted by atomic mass is 9.92. The van der Waals surface area contributed by atoms with Crippen LogP contribution < -0.4 is 0 Å². The molecule has 0 N–H and O–H groups in total. The van der Waals surface area contributed by atoms with Crippen LogP contribution in [-0.2, 0) is 52.5 Å². The summed E-state index contributed by atoms with van der Waals surface area (Å²) in [5.74, 6) is -6.36. The first kappa shape index (κ1) is 28.4. The Kier molecular flexibility index (Phi) is 12.1. The predicted octanol–water partition coefficient (Wildman–Crippen LogP) is -0.632. The number of rotatable bonds is 13. The minimum Gasteiger partial charge on any atom is -0.462 e. The van der Waals surface area contributed by atoms with Gasteiger partial charge in [0.15, 0.2) is 24.4 Å². The number of nitrogens with zero attached hydrogens (tertiary/aromatic N) is 1. The molecule has 32 heavy (non-hydrogen) atoms. The Labute approximate surface area is 182 Å². The third-order valence-electron chi connectivity index (χ3n) is 3.65. The molecule has 0 unspecified atom stereocenters. The molecule has 180 valence electrons. The van der Waals surface area contributed by atoms with E-state index in [9.17, 15) is 38.9 Å². The Morgan fingerprint density at radius 2 is 1.19 bits per heavy atom. The third-order valence-corrected chi connectivity index (χ3v) is 3.65. The van der Waals surface area contributed by atoms with Crippen molar-refractivity contribution >= 4 is 36.1 Å². The van der Waals surface area contributed by atoms with Gasteiger partial charge in [-0.15, -0.1) is 0 Å². The molecule has 0 saturated heterocycles. The largest absolute Gasteiger partial charge is 0.462 e. The molecule has 0 aromatic carbocycles. The standard InChI is InChI=1S/C18H25NO13/c1-9(21)28-8-15(29-10(2)22)17(31-12(4)24)18(32-13(5)25)16(30-11(3)23)14(7-20)6-19(26)27/h7,14-18H,6,8H2,1-5H3/t14-,15-,16+,17+,18-/m1/s1. The number of carbonyl (C=O) groups excluding carboxylic acids is 6. The number of esters is 5. The zero-order valence-corrected chi connectivity index (χ0v) is 18.1. The molecule has 0 aliphatic rings. The van der Waals surface area contributed by atoms with Crippen molar-refractivity contribution in [3.8, 4) is 0 Å². The highest BCUT2D eigenvalue weighted by atomic mass is 16.6. The molecule has 0 heterocycles. The molecule has 0 aliphatic carbocycles. The van der Waals surface area contributed by atoms with Gasteiger partial charge in [0, 0.05) is 39.5 Å². The number of nitro groups is 1. The molecular weight excluding hydrogens is 438 g/mol. The fourth-order valence-corrected chi connectivity index (χ4v) is 2.65. The monoisotopic (exact) mass is 463 g/mol. The van der Waals surface area contributed by atoms with Gasteiger partial charge < -0.3 is 28.5 Å². The summed E-state index contributed by atoms with van der Waals surface area (Å²) in [6, 6.07) is 0. The van der Waals surface area contributed by atoms with Gasteiger partial charge >= 0.3 is 29.8 Å². The lowest BCUT2D eigenvalue weighted by Gasteiger charge is -2.36. The Morgan fingerprint density at radius 3 is 1.56 bits per heavy atom. The molecule has 0 spiro atoms. The molecule has 14 heteroatoms. The quantitative estimate of drug-likeness (QED) is 0.110. The van der Waals surface area contributed by atoms with Crippen molar-refractivity contribution in [2.75, 3.05) is 13.2 Å². The summed E-state index contributed by atoms with van der Waals surface area (Å²) in [5, 5.41) is 11.0. The van der Waals surface area contributed by atoms with Crippen molar-refractivity contribution in [1.82, 2.24) is 0 Å².